The second-order valence-corrected chi connectivity index (χ2v) is 7.65. The first kappa shape index (κ1) is 20.1. The molecule has 0 saturated carbocycles. The van der Waals surface area contributed by atoms with Crippen LogP contribution < -0.4 is 14.8 Å². The number of nitrogens with one attached hydrogen (secondary N) is 2. The van der Waals surface area contributed by atoms with E-state index in [0.717, 1.165) is 11.6 Å². The largest absolute Gasteiger partial charge is 0.465 e. The number of nitrogens with zero attached hydrogens (tertiary/aromatic N) is 1. The number of benzene rings is 2. The number of carboxylic acid groups (broad SMARTS) is 1. The fourth-order valence-corrected chi connectivity index (χ4v) is 3.34. The summed E-state index contributed by atoms with van der Waals surface area (Å²) in [5, 5.41) is 10.5. The van der Waals surface area contributed by atoms with Gasteiger partial charge in [-0.3, -0.25) is 10.0 Å². The Kier molecular flexibility index (Phi) is 5.64. The minimum atomic E-state index is -3.78. The molecule has 0 spiro atoms. The Hall–Kier alpha value is -3.66. The zero-order chi connectivity index (χ0) is 21.0. The van der Waals surface area contributed by atoms with Crippen molar-refractivity contribution >= 4 is 27.6 Å². The molecule has 29 heavy (non-hydrogen) atoms. The lowest BCUT2D eigenvalue weighted by molar-refractivity contribution is 0.209. The Morgan fingerprint density at radius 3 is 2.34 bits per heavy atom. The highest BCUT2D eigenvalue weighted by atomic mass is 32.2. The molecule has 0 aliphatic carbocycles. The number of aryl methyl sites for hydroxylation is 1. The first-order chi connectivity index (χ1) is 13.7. The number of sulfonamides is 1. The van der Waals surface area contributed by atoms with Crippen LogP contribution in [0.25, 0.3) is 0 Å². The summed E-state index contributed by atoms with van der Waals surface area (Å²) in [6.07, 6.45) is -0.112. The van der Waals surface area contributed by atoms with Crippen LogP contribution in [0.15, 0.2) is 65.7 Å². The van der Waals surface area contributed by atoms with Crippen molar-refractivity contribution in [1.29, 1.82) is 0 Å². The number of ether oxygens (including phenoxy) is 1. The van der Waals surface area contributed by atoms with Crippen molar-refractivity contribution in [2.45, 2.75) is 11.8 Å². The van der Waals surface area contributed by atoms with Crippen molar-refractivity contribution in [3.05, 3.63) is 72.2 Å². The van der Waals surface area contributed by atoms with E-state index in [0.29, 0.717) is 0 Å². The van der Waals surface area contributed by atoms with Gasteiger partial charge in [0, 0.05) is 6.07 Å². The number of aromatic nitrogens is 1. The van der Waals surface area contributed by atoms with E-state index in [9.17, 15) is 17.6 Å². The van der Waals surface area contributed by atoms with Crippen LogP contribution in [0.4, 0.5) is 20.7 Å². The van der Waals surface area contributed by atoms with Gasteiger partial charge in [-0.05, 0) is 43.3 Å². The molecule has 0 unspecified atom stereocenters. The lowest BCUT2D eigenvalue weighted by Gasteiger charge is -2.10. The molecule has 1 aromatic heterocycles. The van der Waals surface area contributed by atoms with Gasteiger partial charge in [0.15, 0.2) is 5.82 Å². The second kappa shape index (κ2) is 8.15. The van der Waals surface area contributed by atoms with Crippen molar-refractivity contribution in [1.82, 2.24) is 4.98 Å². The lowest BCUT2D eigenvalue weighted by Crippen LogP contribution is -2.13. The summed E-state index contributed by atoms with van der Waals surface area (Å²) in [6.45, 7) is 1.85. The minimum Gasteiger partial charge on any atom is -0.465 e. The monoisotopic (exact) mass is 417 g/mol. The Bertz CT molecular complexity index is 1130. The first-order valence-corrected chi connectivity index (χ1v) is 9.74. The van der Waals surface area contributed by atoms with E-state index in [1.165, 1.54) is 42.6 Å². The predicted molar refractivity (Wildman–Crippen MR) is 104 cm³/mol. The van der Waals surface area contributed by atoms with Crippen LogP contribution >= 0.6 is 0 Å². The van der Waals surface area contributed by atoms with Gasteiger partial charge in [-0.1, -0.05) is 17.7 Å². The summed E-state index contributed by atoms with van der Waals surface area (Å²) in [7, 11) is -3.78. The number of hydrogen-bond acceptors (Lipinski definition) is 5. The standard InChI is InChI=1S/C19H16FN3O5S/c1-12-2-6-15(7-3-12)29(26,27)23-18-9-5-14(11-21-18)28-13-4-8-17(16(20)10-13)22-19(24)25/h2-11,22H,1H3,(H,21,23)(H,24,25). The summed E-state index contributed by atoms with van der Waals surface area (Å²) in [4.78, 5) is 14.7. The highest BCUT2D eigenvalue weighted by Gasteiger charge is 2.14. The zero-order valence-corrected chi connectivity index (χ0v) is 15.9. The third-order valence-electron chi connectivity index (χ3n) is 3.72. The van der Waals surface area contributed by atoms with Crippen LogP contribution in [0.2, 0.25) is 0 Å². The van der Waals surface area contributed by atoms with E-state index in [1.54, 1.807) is 12.1 Å². The van der Waals surface area contributed by atoms with Gasteiger partial charge in [0.25, 0.3) is 10.0 Å². The minimum absolute atomic E-state index is 0.0881. The smallest absolute Gasteiger partial charge is 0.409 e. The van der Waals surface area contributed by atoms with E-state index >= 15 is 0 Å². The van der Waals surface area contributed by atoms with Crippen LogP contribution in [-0.4, -0.2) is 24.6 Å². The van der Waals surface area contributed by atoms with Crippen molar-refractivity contribution in [2.24, 2.45) is 0 Å². The number of hydrogen-bond donors (Lipinski definition) is 3. The van der Waals surface area contributed by atoms with Gasteiger partial charge in [-0.2, -0.15) is 0 Å². The number of carbonyl (C=O) groups is 1. The molecule has 2 aromatic carbocycles. The van der Waals surface area contributed by atoms with Gasteiger partial charge in [0.2, 0.25) is 0 Å². The third-order valence-corrected chi connectivity index (χ3v) is 5.10. The SMILES string of the molecule is Cc1ccc(S(=O)(=O)Nc2ccc(Oc3ccc(NC(=O)O)c(F)c3)cn2)cc1. The number of halogens is 1. The molecule has 10 heteroatoms. The van der Waals surface area contributed by atoms with Crippen LogP contribution in [0, 0.1) is 12.7 Å². The summed E-state index contributed by atoms with van der Waals surface area (Å²) in [6, 6.07) is 12.8. The van der Waals surface area contributed by atoms with Crippen LogP contribution in [0.1, 0.15) is 5.56 Å². The lowest BCUT2D eigenvalue weighted by atomic mass is 10.2. The van der Waals surface area contributed by atoms with E-state index in [2.05, 4.69) is 9.71 Å². The summed E-state index contributed by atoms with van der Waals surface area (Å²) < 4.78 is 46.4. The maximum Gasteiger partial charge on any atom is 0.409 e. The molecule has 1 amide bonds. The number of rotatable bonds is 6. The van der Waals surface area contributed by atoms with Crippen LogP contribution in [0.3, 0.4) is 0 Å². The molecule has 3 N–H and O–H groups in total. The molecule has 0 aliphatic heterocycles. The Balaban J connectivity index is 1.69. The summed E-state index contributed by atoms with van der Waals surface area (Å²) >= 11 is 0. The Labute approximate surface area is 166 Å². The van der Waals surface area contributed by atoms with E-state index in [-0.39, 0.29) is 27.9 Å². The molecular formula is C19H16FN3O5S. The molecule has 8 nitrogen and oxygen atoms in total. The number of pyridine rings is 1. The van der Waals surface area contributed by atoms with Gasteiger partial charge >= 0.3 is 6.09 Å². The van der Waals surface area contributed by atoms with Crippen molar-refractivity contribution < 1.29 is 27.4 Å². The quantitative estimate of drug-likeness (QED) is 0.553. The molecule has 1 heterocycles. The molecule has 0 atom stereocenters. The van der Waals surface area contributed by atoms with E-state index in [1.807, 2.05) is 12.2 Å². The van der Waals surface area contributed by atoms with Crippen molar-refractivity contribution in [3.63, 3.8) is 0 Å². The zero-order valence-electron chi connectivity index (χ0n) is 15.1. The molecule has 150 valence electrons. The normalized spacial score (nSPS) is 11.0. The maximum atomic E-state index is 13.9. The van der Waals surface area contributed by atoms with Gasteiger partial charge in [0.1, 0.15) is 17.3 Å². The van der Waals surface area contributed by atoms with Gasteiger partial charge in [-0.25, -0.2) is 22.6 Å². The average molecular weight is 417 g/mol. The van der Waals surface area contributed by atoms with Crippen molar-refractivity contribution in [3.8, 4) is 11.5 Å². The summed E-state index contributed by atoms with van der Waals surface area (Å²) in [5.41, 5.74) is 0.732. The molecule has 3 rings (SSSR count). The Morgan fingerprint density at radius 1 is 1.07 bits per heavy atom. The van der Waals surface area contributed by atoms with Crippen molar-refractivity contribution in [2.75, 3.05) is 10.0 Å². The Morgan fingerprint density at radius 2 is 1.76 bits per heavy atom. The molecule has 0 aliphatic rings. The molecule has 0 fully saturated rings. The second-order valence-electron chi connectivity index (χ2n) is 5.97. The highest BCUT2D eigenvalue weighted by molar-refractivity contribution is 7.92. The number of anilines is 2. The average Bonchev–Trinajstić information content (AvgIpc) is 2.65. The van der Waals surface area contributed by atoms with E-state index in [4.69, 9.17) is 9.84 Å². The molecule has 3 aromatic rings. The maximum absolute atomic E-state index is 13.9. The van der Waals surface area contributed by atoms with Crippen LogP contribution in [0.5, 0.6) is 11.5 Å². The predicted octanol–water partition coefficient (Wildman–Crippen LogP) is 4.21. The molecule has 0 radical (unpaired) electrons. The summed E-state index contributed by atoms with van der Waals surface area (Å²) in [5.74, 6) is -0.361. The van der Waals surface area contributed by atoms with E-state index < -0.39 is 21.9 Å². The van der Waals surface area contributed by atoms with Gasteiger partial charge < -0.3 is 9.84 Å². The molecular weight excluding hydrogens is 401 g/mol. The van der Waals surface area contributed by atoms with Gasteiger partial charge in [0.05, 0.1) is 16.8 Å². The topological polar surface area (TPSA) is 118 Å². The molecule has 0 saturated heterocycles. The fraction of sp³-hybridized carbons (Fsp3) is 0.0526. The van der Waals surface area contributed by atoms with Crippen LogP contribution in [-0.2, 0) is 10.0 Å². The first-order valence-electron chi connectivity index (χ1n) is 8.26. The highest BCUT2D eigenvalue weighted by Crippen LogP contribution is 2.26. The molecule has 0 bridgehead atoms. The number of amides is 1. The van der Waals surface area contributed by atoms with Gasteiger partial charge in [-0.15, -0.1) is 0 Å². The fourth-order valence-electron chi connectivity index (χ4n) is 2.33. The third kappa shape index (κ3) is 5.20.